The van der Waals surface area contributed by atoms with E-state index < -0.39 is 0 Å². The van der Waals surface area contributed by atoms with Crippen LogP contribution in [0.5, 0.6) is 0 Å². The van der Waals surface area contributed by atoms with Crippen LogP contribution in [0.2, 0.25) is 0 Å². The summed E-state index contributed by atoms with van der Waals surface area (Å²) in [5.74, 6) is 1.06. The fraction of sp³-hybridized carbons (Fsp3) is 0.300. The summed E-state index contributed by atoms with van der Waals surface area (Å²) in [4.78, 5) is 24.1. The number of carbonyl (C=O) groups is 1. The van der Waals surface area contributed by atoms with Gasteiger partial charge >= 0.3 is 0 Å². The predicted octanol–water partition coefficient (Wildman–Crippen LogP) is 2.64. The van der Waals surface area contributed by atoms with Crippen molar-refractivity contribution in [1.82, 2.24) is 15.3 Å². The SMILES string of the molecule is CNC(=O)c1cc2nc(N/N=C/c3cccc(C)c3)nc(N3CCOCC3)c2s1. The average Bonchev–Trinajstić information content (AvgIpc) is 3.17. The third kappa shape index (κ3) is 4.36. The molecule has 1 amide bonds. The van der Waals surface area contributed by atoms with Crippen molar-refractivity contribution < 1.29 is 9.53 Å². The van der Waals surface area contributed by atoms with Gasteiger partial charge in [0.1, 0.15) is 0 Å². The van der Waals surface area contributed by atoms with Gasteiger partial charge in [-0.3, -0.25) is 4.79 Å². The number of hydrogen-bond acceptors (Lipinski definition) is 8. The predicted molar refractivity (Wildman–Crippen MR) is 116 cm³/mol. The van der Waals surface area contributed by atoms with Crippen LogP contribution in [-0.2, 0) is 4.74 Å². The number of fused-ring (bicyclic) bond motifs is 1. The molecule has 29 heavy (non-hydrogen) atoms. The molecule has 150 valence electrons. The maximum absolute atomic E-state index is 12.1. The first-order valence-corrected chi connectivity index (χ1v) is 10.2. The van der Waals surface area contributed by atoms with Crippen molar-refractivity contribution in [2.45, 2.75) is 6.92 Å². The Balaban J connectivity index is 1.67. The Hall–Kier alpha value is -3.04. The minimum atomic E-state index is -0.132. The summed E-state index contributed by atoms with van der Waals surface area (Å²) in [6.45, 7) is 4.81. The lowest BCUT2D eigenvalue weighted by Gasteiger charge is -2.28. The first kappa shape index (κ1) is 19.3. The van der Waals surface area contributed by atoms with E-state index in [2.05, 4.69) is 30.7 Å². The number of rotatable bonds is 5. The smallest absolute Gasteiger partial charge is 0.261 e. The molecule has 9 heteroatoms. The molecule has 3 aromatic rings. The standard InChI is InChI=1S/C20H22N6O2S/c1-13-4-3-5-14(10-13)12-22-25-20-23-15-11-16(19(27)21-2)29-17(15)18(24-20)26-6-8-28-9-7-26/h3-5,10-12H,6-9H2,1-2H3,(H,21,27)(H,23,24,25)/b22-12+. The van der Waals surface area contributed by atoms with E-state index in [4.69, 9.17) is 4.74 Å². The second-order valence-corrected chi connectivity index (χ2v) is 7.71. The van der Waals surface area contributed by atoms with Gasteiger partial charge in [0.05, 0.1) is 34.5 Å². The van der Waals surface area contributed by atoms with E-state index in [0.717, 1.165) is 34.7 Å². The van der Waals surface area contributed by atoms with Crippen LogP contribution in [0.15, 0.2) is 35.4 Å². The van der Waals surface area contributed by atoms with E-state index in [-0.39, 0.29) is 5.91 Å². The van der Waals surface area contributed by atoms with Gasteiger partial charge in [-0.2, -0.15) is 10.1 Å². The maximum Gasteiger partial charge on any atom is 0.261 e. The molecule has 2 N–H and O–H groups in total. The Morgan fingerprint density at radius 3 is 2.86 bits per heavy atom. The molecule has 1 aromatic carbocycles. The lowest BCUT2D eigenvalue weighted by Crippen LogP contribution is -2.36. The molecule has 2 aromatic heterocycles. The number of amides is 1. The summed E-state index contributed by atoms with van der Waals surface area (Å²) >= 11 is 1.40. The Morgan fingerprint density at radius 1 is 1.28 bits per heavy atom. The Bertz CT molecular complexity index is 1060. The van der Waals surface area contributed by atoms with Gasteiger partial charge in [0.15, 0.2) is 5.82 Å². The van der Waals surface area contributed by atoms with Crippen molar-refractivity contribution in [3.63, 3.8) is 0 Å². The molecule has 4 rings (SSSR count). The van der Waals surface area contributed by atoms with Crippen molar-refractivity contribution in [3.05, 3.63) is 46.3 Å². The fourth-order valence-corrected chi connectivity index (χ4v) is 4.16. The lowest BCUT2D eigenvalue weighted by molar-refractivity contribution is 0.0967. The van der Waals surface area contributed by atoms with Crippen LogP contribution in [0.4, 0.5) is 11.8 Å². The van der Waals surface area contributed by atoms with E-state index in [0.29, 0.717) is 24.0 Å². The van der Waals surface area contributed by atoms with E-state index >= 15 is 0 Å². The molecule has 0 spiro atoms. The van der Waals surface area contributed by atoms with Crippen molar-refractivity contribution in [2.75, 3.05) is 43.7 Å². The molecular formula is C20H22N6O2S. The van der Waals surface area contributed by atoms with Crippen molar-refractivity contribution in [1.29, 1.82) is 0 Å². The van der Waals surface area contributed by atoms with Crippen molar-refractivity contribution >= 4 is 45.4 Å². The van der Waals surface area contributed by atoms with Gasteiger partial charge in [-0.1, -0.05) is 29.8 Å². The Kier molecular flexibility index (Phi) is 5.68. The molecule has 0 unspecified atom stereocenters. The zero-order valence-corrected chi connectivity index (χ0v) is 17.1. The number of benzene rings is 1. The number of aromatic nitrogens is 2. The highest BCUT2D eigenvalue weighted by atomic mass is 32.1. The van der Waals surface area contributed by atoms with Crippen LogP contribution in [0.1, 0.15) is 20.8 Å². The third-order valence-corrected chi connectivity index (χ3v) is 5.65. The first-order chi connectivity index (χ1) is 14.1. The molecule has 0 atom stereocenters. The third-order valence-electron chi connectivity index (χ3n) is 4.54. The summed E-state index contributed by atoms with van der Waals surface area (Å²) in [6, 6.07) is 9.84. The molecule has 0 radical (unpaired) electrons. The van der Waals surface area contributed by atoms with Crippen LogP contribution in [0.3, 0.4) is 0 Å². The quantitative estimate of drug-likeness (QED) is 0.496. The normalized spacial score (nSPS) is 14.5. The molecular weight excluding hydrogens is 388 g/mol. The lowest BCUT2D eigenvalue weighted by atomic mass is 10.2. The number of anilines is 2. The van der Waals surface area contributed by atoms with Crippen molar-refractivity contribution in [3.8, 4) is 0 Å². The molecule has 1 aliphatic rings. The maximum atomic E-state index is 12.1. The number of hydrazone groups is 1. The molecule has 3 heterocycles. The number of morpholine rings is 1. The highest BCUT2D eigenvalue weighted by Crippen LogP contribution is 2.33. The van der Waals surface area contributed by atoms with Crippen LogP contribution in [0, 0.1) is 6.92 Å². The van der Waals surface area contributed by atoms with Crippen LogP contribution < -0.4 is 15.6 Å². The number of thiophene rings is 1. The molecule has 0 saturated carbocycles. The summed E-state index contributed by atoms with van der Waals surface area (Å²) in [5, 5.41) is 6.95. The number of nitrogens with zero attached hydrogens (tertiary/aromatic N) is 4. The van der Waals surface area contributed by atoms with Crippen molar-refractivity contribution in [2.24, 2.45) is 5.10 Å². The van der Waals surface area contributed by atoms with Crippen LogP contribution in [-0.4, -0.2) is 55.4 Å². The number of carbonyl (C=O) groups excluding carboxylic acids is 1. The number of ether oxygens (including phenoxy) is 1. The second kappa shape index (κ2) is 8.54. The van der Waals surface area contributed by atoms with E-state index in [1.807, 2.05) is 31.2 Å². The molecule has 1 aliphatic heterocycles. The van der Waals surface area contributed by atoms with Gasteiger partial charge in [-0.25, -0.2) is 10.4 Å². The number of aryl methyl sites for hydroxylation is 1. The number of hydrogen-bond donors (Lipinski definition) is 2. The Morgan fingerprint density at radius 2 is 2.10 bits per heavy atom. The molecule has 8 nitrogen and oxygen atoms in total. The van der Waals surface area contributed by atoms with E-state index in [1.165, 1.54) is 16.9 Å². The van der Waals surface area contributed by atoms with Gasteiger partial charge in [0.25, 0.3) is 5.91 Å². The zero-order valence-electron chi connectivity index (χ0n) is 16.3. The monoisotopic (exact) mass is 410 g/mol. The molecule has 0 bridgehead atoms. The Labute approximate surface area is 172 Å². The second-order valence-electron chi connectivity index (χ2n) is 6.66. The van der Waals surface area contributed by atoms with Crippen LogP contribution in [0.25, 0.3) is 10.2 Å². The summed E-state index contributed by atoms with van der Waals surface area (Å²) in [7, 11) is 1.62. The van der Waals surface area contributed by atoms with Gasteiger partial charge in [-0.15, -0.1) is 11.3 Å². The topological polar surface area (TPSA) is 91.7 Å². The van der Waals surface area contributed by atoms with Gasteiger partial charge in [-0.05, 0) is 18.6 Å². The molecule has 1 fully saturated rings. The minimum absolute atomic E-state index is 0.132. The van der Waals surface area contributed by atoms with E-state index in [9.17, 15) is 4.79 Å². The highest BCUT2D eigenvalue weighted by molar-refractivity contribution is 7.21. The largest absolute Gasteiger partial charge is 0.378 e. The summed E-state index contributed by atoms with van der Waals surface area (Å²) in [5.41, 5.74) is 5.81. The highest BCUT2D eigenvalue weighted by Gasteiger charge is 2.21. The zero-order chi connectivity index (χ0) is 20.2. The van der Waals surface area contributed by atoms with E-state index in [1.54, 1.807) is 19.3 Å². The van der Waals surface area contributed by atoms with Gasteiger partial charge < -0.3 is 15.0 Å². The summed E-state index contributed by atoms with van der Waals surface area (Å²) < 4.78 is 6.35. The average molecular weight is 411 g/mol. The summed E-state index contributed by atoms with van der Waals surface area (Å²) in [6.07, 6.45) is 1.73. The fourth-order valence-electron chi connectivity index (χ4n) is 3.10. The van der Waals surface area contributed by atoms with Crippen LogP contribution >= 0.6 is 11.3 Å². The number of nitrogens with one attached hydrogen (secondary N) is 2. The van der Waals surface area contributed by atoms with Gasteiger partial charge in [0.2, 0.25) is 5.95 Å². The minimum Gasteiger partial charge on any atom is -0.378 e. The first-order valence-electron chi connectivity index (χ1n) is 9.36. The molecule has 1 saturated heterocycles. The molecule has 0 aliphatic carbocycles. The van der Waals surface area contributed by atoms with Gasteiger partial charge in [0, 0.05) is 20.1 Å².